The molecule has 11 aromatic carbocycles. The summed E-state index contributed by atoms with van der Waals surface area (Å²) >= 11 is 0. The van der Waals surface area contributed by atoms with E-state index in [4.69, 9.17) is 0 Å². The van der Waals surface area contributed by atoms with E-state index in [0.29, 0.717) is 0 Å². The van der Waals surface area contributed by atoms with Gasteiger partial charge in [0, 0.05) is 21.9 Å². The predicted molar refractivity (Wildman–Crippen MR) is 322 cm³/mol. The Morgan fingerprint density at radius 1 is 0.316 bits per heavy atom. The number of allylic oxidation sites excluding steroid dienone is 1. The first-order valence-electron chi connectivity index (χ1n) is 26.7. The Kier molecular flexibility index (Phi) is 10.7. The molecule has 2 aliphatic rings. The average Bonchev–Trinajstić information content (AvgIpc) is 4.26. The van der Waals surface area contributed by atoms with Gasteiger partial charge in [0.1, 0.15) is 0 Å². The van der Waals surface area contributed by atoms with Crippen LogP contribution in [0.1, 0.15) is 70.8 Å². The summed E-state index contributed by atoms with van der Waals surface area (Å²) in [5.41, 5.74) is 27.0. The fourth-order valence-corrected chi connectivity index (χ4v) is 12.9. The molecule has 76 heavy (non-hydrogen) atoms. The number of fused-ring (bicyclic) bond motifs is 9. The first-order valence-corrected chi connectivity index (χ1v) is 26.7. The summed E-state index contributed by atoms with van der Waals surface area (Å²) in [4.78, 5) is 0. The fraction of sp³-hybridized carbons (Fsp3) is 0.0667. The SMILES string of the molecule is CC=Cc1ccc(-c2ccc3c(c2)C(c2ccccc2)(c2ccccc2)c2cc(-c4ccc(C=Cc5ccc(-c6ccc7c(c6)c6ccccc6n7-c6ccc7c(c6)C(C)(C)c6ccccc6-7)cc5)cc4)ccc2-3)cc1. The summed E-state index contributed by atoms with van der Waals surface area (Å²) in [5.74, 6) is 0. The molecule has 0 N–H and O–H groups in total. The molecule has 1 heteroatoms. The predicted octanol–water partition coefficient (Wildman–Crippen LogP) is 19.7. The highest BCUT2D eigenvalue weighted by molar-refractivity contribution is 6.10. The van der Waals surface area contributed by atoms with E-state index in [9.17, 15) is 0 Å². The highest BCUT2D eigenvalue weighted by Crippen LogP contribution is 2.58. The van der Waals surface area contributed by atoms with Gasteiger partial charge >= 0.3 is 0 Å². The van der Waals surface area contributed by atoms with E-state index in [1.54, 1.807) is 0 Å². The third-order valence-electron chi connectivity index (χ3n) is 16.6. The zero-order valence-electron chi connectivity index (χ0n) is 43.0. The van der Waals surface area contributed by atoms with Crippen LogP contribution in [-0.2, 0) is 10.8 Å². The summed E-state index contributed by atoms with van der Waals surface area (Å²) < 4.78 is 2.45. The van der Waals surface area contributed by atoms with Gasteiger partial charge in [-0.1, -0.05) is 250 Å². The quantitative estimate of drug-likeness (QED) is 0.127. The Morgan fingerprint density at radius 2 is 0.750 bits per heavy atom. The second-order valence-corrected chi connectivity index (χ2v) is 21.2. The Hall–Kier alpha value is -9.30. The number of hydrogen-bond acceptors (Lipinski definition) is 0. The van der Waals surface area contributed by atoms with Gasteiger partial charge < -0.3 is 4.57 Å². The second kappa shape index (κ2) is 18.0. The Labute approximate surface area is 446 Å². The van der Waals surface area contributed by atoms with Crippen molar-refractivity contribution in [1.82, 2.24) is 4.57 Å². The molecule has 0 saturated carbocycles. The molecular weight excluding hydrogens is 915 g/mol. The molecule has 0 atom stereocenters. The van der Waals surface area contributed by atoms with E-state index in [0.717, 1.165) is 11.1 Å². The Balaban J connectivity index is 0.751. The summed E-state index contributed by atoms with van der Waals surface area (Å²) in [6, 6.07) is 95.0. The van der Waals surface area contributed by atoms with Crippen molar-refractivity contribution >= 4 is 40.0 Å². The van der Waals surface area contributed by atoms with Crippen molar-refractivity contribution in [2.24, 2.45) is 0 Å². The van der Waals surface area contributed by atoms with Crippen molar-refractivity contribution in [3.8, 4) is 61.3 Å². The van der Waals surface area contributed by atoms with Crippen LogP contribution in [0.2, 0.25) is 0 Å². The number of aromatic nitrogens is 1. The van der Waals surface area contributed by atoms with E-state index in [1.807, 2.05) is 0 Å². The van der Waals surface area contributed by atoms with Crippen LogP contribution in [0.25, 0.3) is 101 Å². The maximum atomic E-state index is 2.46. The highest BCUT2D eigenvalue weighted by Gasteiger charge is 2.46. The monoisotopic (exact) mass is 969 g/mol. The number of para-hydroxylation sites is 1. The van der Waals surface area contributed by atoms with Gasteiger partial charge in [0.2, 0.25) is 0 Å². The van der Waals surface area contributed by atoms with Crippen LogP contribution in [0.3, 0.4) is 0 Å². The van der Waals surface area contributed by atoms with Gasteiger partial charge in [0.15, 0.2) is 0 Å². The summed E-state index contributed by atoms with van der Waals surface area (Å²) in [6.45, 7) is 6.78. The van der Waals surface area contributed by atoms with Gasteiger partial charge in [-0.2, -0.15) is 0 Å². The van der Waals surface area contributed by atoms with Crippen molar-refractivity contribution in [3.05, 3.63) is 311 Å². The zero-order valence-corrected chi connectivity index (χ0v) is 43.0. The van der Waals surface area contributed by atoms with E-state index in [-0.39, 0.29) is 5.41 Å². The van der Waals surface area contributed by atoms with Gasteiger partial charge in [-0.3, -0.25) is 0 Å². The normalized spacial score (nSPS) is 13.8. The molecule has 12 aromatic rings. The highest BCUT2D eigenvalue weighted by atomic mass is 15.0. The van der Waals surface area contributed by atoms with Crippen LogP contribution in [0.15, 0.2) is 261 Å². The number of rotatable bonds is 9. The largest absolute Gasteiger partial charge is 0.309 e. The van der Waals surface area contributed by atoms with Crippen molar-refractivity contribution < 1.29 is 0 Å². The second-order valence-electron chi connectivity index (χ2n) is 21.2. The lowest BCUT2D eigenvalue weighted by atomic mass is 9.67. The van der Waals surface area contributed by atoms with Gasteiger partial charge in [0.25, 0.3) is 0 Å². The van der Waals surface area contributed by atoms with Crippen LogP contribution in [0.5, 0.6) is 0 Å². The van der Waals surface area contributed by atoms with Gasteiger partial charge in [-0.05, 0) is 155 Å². The molecule has 0 aliphatic heterocycles. The molecule has 0 unspecified atom stereocenters. The summed E-state index contributed by atoms with van der Waals surface area (Å²) in [7, 11) is 0. The molecule has 0 fully saturated rings. The van der Waals surface area contributed by atoms with Crippen molar-refractivity contribution in [3.63, 3.8) is 0 Å². The van der Waals surface area contributed by atoms with Crippen LogP contribution >= 0.6 is 0 Å². The lowest BCUT2D eigenvalue weighted by molar-refractivity contribution is 0.660. The molecule has 1 nitrogen and oxygen atoms in total. The molecule has 1 heterocycles. The Morgan fingerprint density at radius 3 is 1.33 bits per heavy atom. The molecule has 0 saturated heterocycles. The molecule has 2 aliphatic carbocycles. The van der Waals surface area contributed by atoms with Crippen LogP contribution in [-0.4, -0.2) is 4.57 Å². The molecule has 1 aromatic heterocycles. The Bertz CT molecular complexity index is 4220. The topological polar surface area (TPSA) is 4.93 Å². The van der Waals surface area contributed by atoms with Crippen LogP contribution < -0.4 is 0 Å². The van der Waals surface area contributed by atoms with E-state index in [1.165, 1.54) is 122 Å². The van der Waals surface area contributed by atoms with Crippen molar-refractivity contribution in [2.75, 3.05) is 0 Å². The molecule has 14 rings (SSSR count). The summed E-state index contributed by atoms with van der Waals surface area (Å²) in [6.07, 6.45) is 8.68. The lowest BCUT2D eigenvalue weighted by Gasteiger charge is -2.34. The minimum atomic E-state index is -0.509. The first kappa shape index (κ1) is 45.3. The van der Waals surface area contributed by atoms with Crippen molar-refractivity contribution in [2.45, 2.75) is 31.6 Å². The minimum Gasteiger partial charge on any atom is -0.309 e. The standard InChI is InChI=1S/C75H55N/c1-4-15-50-26-32-54(33-27-50)57-38-42-64-65-43-39-58(48-71(65)75(70(64)47-57,59-16-7-5-8-17-59)60-18-9-6-10-19-60)55-36-30-52(31-37-55)25-24-51-28-34-53(35-29-51)56-40-45-73-67(46-56)66-21-12-14-23-72(66)76(73)61-41-44-63-62-20-11-13-22-68(62)74(2,3)69(63)49-61/h4-49H,1-3H3. The van der Waals surface area contributed by atoms with E-state index >= 15 is 0 Å². The fourth-order valence-electron chi connectivity index (χ4n) is 12.9. The lowest BCUT2D eigenvalue weighted by Crippen LogP contribution is -2.28. The van der Waals surface area contributed by atoms with E-state index in [2.05, 4.69) is 304 Å². The van der Waals surface area contributed by atoms with Gasteiger partial charge in [-0.15, -0.1) is 0 Å². The van der Waals surface area contributed by atoms with Crippen LogP contribution in [0, 0.1) is 0 Å². The third kappa shape index (κ3) is 7.22. The van der Waals surface area contributed by atoms with E-state index < -0.39 is 5.41 Å². The first-order chi connectivity index (χ1) is 37.4. The number of benzene rings is 11. The van der Waals surface area contributed by atoms with Gasteiger partial charge in [-0.25, -0.2) is 0 Å². The van der Waals surface area contributed by atoms with Gasteiger partial charge in [0.05, 0.1) is 16.4 Å². The molecule has 0 radical (unpaired) electrons. The van der Waals surface area contributed by atoms with Crippen LogP contribution in [0.4, 0.5) is 0 Å². The molecular formula is C75H55N. The molecule has 360 valence electrons. The molecule has 0 spiro atoms. The zero-order chi connectivity index (χ0) is 51.0. The maximum absolute atomic E-state index is 2.46. The minimum absolute atomic E-state index is 0.0634. The maximum Gasteiger partial charge on any atom is 0.0713 e. The smallest absolute Gasteiger partial charge is 0.0713 e. The average molecular weight is 970 g/mol. The number of hydrogen-bond donors (Lipinski definition) is 0. The van der Waals surface area contributed by atoms with Crippen molar-refractivity contribution in [1.29, 1.82) is 0 Å². The third-order valence-corrected chi connectivity index (χ3v) is 16.6. The number of nitrogens with zero attached hydrogens (tertiary/aromatic N) is 1. The molecule has 0 bridgehead atoms. The summed E-state index contributed by atoms with van der Waals surface area (Å²) in [5, 5.41) is 2.52. The molecule has 0 amide bonds.